The zero-order valence-electron chi connectivity index (χ0n) is 14.5. The lowest BCUT2D eigenvalue weighted by Gasteiger charge is -2.16. The van der Waals surface area contributed by atoms with Crippen LogP contribution in [0.15, 0.2) is 53.0 Å². The number of thiophene rings is 1. The predicted molar refractivity (Wildman–Crippen MR) is 106 cm³/mol. The molecule has 1 amide bonds. The molecule has 1 N–H and O–H groups in total. The minimum Gasteiger partial charge on any atom is -0.325 e. The Kier molecular flexibility index (Phi) is 5.08. The second-order valence-electron chi connectivity index (χ2n) is 6.26. The van der Waals surface area contributed by atoms with E-state index in [9.17, 15) is 4.79 Å². The van der Waals surface area contributed by atoms with Crippen molar-refractivity contribution < 1.29 is 4.79 Å². The van der Waals surface area contributed by atoms with E-state index in [0.717, 1.165) is 40.9 Å². The van der Waals surface area contributed by atoms with Crippen molar-refractivity contribution in [2.75, 3.05) is 5.32 Å². The number of nitrogens with zero attached hydrogens (tertiary/aromatic N) is 3. The molecule has 0 saturated heterocycles. The molecule has 2 heterocycles. The summed E-state index contributed by atoms with van der Waals surface area (Å²) in [5.41, 5.74) is 0.833. The Labute approximate surface area is 160 Å². The molecule has 1 aliphatic carbocycles. The quantitative estimate of drug-likeness (QED) is 0.608. The molecule has 0 spiro atoms. The Balaban J connectivity index is 1.55. The molecule has 0 radical (unpaired) electrons. The van der Waals surface area contributed by atoms with E-state index in [2.05, 4.69) is 33.1 Å². The van der Waals surface area contributed by atoms with Crippen LogP contribution in [-0.4, -0.2) is 25.9 Å². The minimum atomic E-state index is -0.138. The van der Waals surface area contributed by atoms with Gasteiger partial charge in [0.1, 0.15) is 0 Å². The maximum Gasteiger partial charge on any atom is 0.238 e. The van der Waals surface area contributed by atoms with E-state index < -0.39 is 0 Å². The van der Waals surface area contributed by atoms with Crippen molar-refractivity contribution in [2.24, 2.45) is 5.92 Å². The van der Waals surface area contributed by atoms with E-state index in [0.29, 0.717) is 5.92 Å². The molecule has 1 aliphatic rings. The van der Waals surface area contributed by atoms with Crippen LogP contribution in [0.1, 0.15) is 19.8 Å². The summed E-state index contributed by atoms with van der Waals surface area (Å²) in [5, 5.41) is 14.5. The van der Waals surface area contributed by atoms with Gasteiger partial charge in [0.2, 0.25) is 5.91 Å². The Hall–Kier alpha value is -2.12. The number of para-hydroxylation sites is 1. The van der Waals surface area contributed by atoms with Gasteiger partial charge >= 0.3 is 0 Å². The summed E-state index contributed by atoms with van der Waals surface area (Å²) in [4.78, 5) is 13.9. The van der Waals surface area contributed by atoms with Gasteiger partial charge in [0.25, 0.3) is 0 Å². The third-order valence-corrected chi connectivity index (χ3v) is 6.59. The number of anilines is 1. The number of carbonyl (C=O) groups is 1. The highest BCUT2D eigenvalue weighted by Crippen LogP contribution is 2.42. The maximum absolute atomic E-state index is 12.8. The average molecular weight is 385 g/mol. The third kappa shape index (κ3) is 3.68. The van der Waals surface area contributed by atoms with Gasteiger partial charge in [-0.25, -0.2) is 0 Å². The number of nitrogens with one attached hydrogen (secondary N) is 1. The maximum atomic E-state index is 12.8. The third-order valence-electron chi connectivity index (χ3n) is 4.36. The summed E-state index contributed by atoms with van der Waals surface area (Å²) < 4.78 is 2.10. The van der Waals surface area contributed by atoms with Gasteiger partial charge in [-0.2, -0.15) is 0 Å². The van der Waals surface area contributed by atoms with Crippen LogP contribution in [0.2, 0.25) is 0 Å². The van der Waals surface area contributed by atoms with Crippen molar-refractivity contribution in [1.82, 2.24) is 14.8 Å². The Morgan fingerprint density at radius 2 is 2.08 bits per heavy atom. The lowest BCUT2D eigenvalue weighted by molar-refractivity contribution is -0.116. The Morgan fingerprint density at radius 3 is 2.73 bits per heavy atom. The number of aromatic nitrogens is 3. The molecule has 1 saturated carbocycles. The highest BCUT2D eigenvalue weighted by atomic mass is 32.2. The normalized spacial score (nSPS) is 15.0. The average Bonchev–Trinajstić information content (AvgIpc) is 3.19. The first-order valence-corrected chi connectivity index (χ1v) is 10.5. The van der Waals surface area contributed by atoms with Crippen LogP contribution in [0.5, 0.6) is 0 Å². The fraction of sp³-hybridized carbons (Fsp3) is 0.316. The van der Waals surface area contributed by atoms with Crippen LogP contribution in [0, 0.1) is 5.92 Å². The fourth-order valence-corrected chi connectivity index (χ4v) is 4.87. The Morgan fingerprint density at radius 1 is 1.27 bits per heavy atom. The summed E-state index contributed by atoms with van der Waals surface area (Å²) in [7, 11) is 0. The first-order valence-electron chi connectivity index (χ1n) is 8.76. The number of rotatable bonds is 7. The highest BCUT2D eigenvalue weighted by Gasteiger charge is 2.38. The smallest absolute Gasteiger partial charge is 0.238 e. The van der Waals surface area contributed by atoms with E-state index in [1.807, 2.05) is 41.8 Å². The van der Waals surface area contributed by atoms with Gasteiger partial charge in [0.15, 0.2) is 11.0 Å². The lowest BCUT2D eigenvalue weighted by Crippen LogP contribution is -2.27. The zero-order valence-corrected chi connectivity index (χ0v) is 16.1. The molecule has 0 aliphatic heterocycles. The summed E-state index contributed by atoms with van der Waals surface area (Å²) in [5.74, 6) is 1.34. The van der Waals surface area contributed by atoms with Crippen LogP contribution in [0.25, 0.3) is 10.7 Å². The van der Waals surface area contributed by atoms with Gasteiger partial charge in [0, 0.05) is 12.2 Å². The van der Waals surface area contributed by atoms with E-state index in [4.69, 9.17) is 0 Å². The van der Waals surface area contributed by atoms with Crippen molar-refractivity contribution in [3.05, 3.63) is 47.8 Å². The predicted octanol–water partition coefficient (Wildman–Crippen LogP) is 4.54. The summed E-state index contributed by atoms with van der Waals surface area (Å²) in [6.07, 6.45) is 2.19. The van der Waals surface area contributed by atoms with Crippen molar-refractivity contribution in [3.8, 4) is 10.7 Å². The molecule has 7 heteroatoms. The largest absolute Gasteiger partial charge is 0.325 e. The van der Waals surface area contributed by atoms with E-state index in [1.165, 1.54) is 11.8 Å². The van der Waals surface area contributed by atoms with Crippen molar-refractivity contribution in [3.63, 3.8) is 0 Å². The van der Waals surface area contributed by atoms with Crippen molar-refractivity contribution >= 4 is 34.7 Å². The van der Waals surface area contributed by atoms with Gasteiger partial charge in [-0.3, -0.25) is 4.79 Å². The molecular formula is C19H20N4OS2. The number of amides is 1. The second kappa shape index (κ2) is 7.63. The summed E-state index contributed by atoms with van der Waals surface area (Å²) in [6.45, 7) is 2.86. The van der Waals surface area contributed by atoms with Crippen LogP contribution in [0.4, 0.5) is 5.69 Å². The number of hydrogen-bond donors (Lipinski definition) is 1. The van der Waals surface area contributed by atoms with Crippen LogP contribution < -0.4 is 5.32 Å². The first kappa shape index (κ1) is 17.3. The molecule has 26 heavy (non-hydrogen) atoms. The first-order chi connectivity index (χ1) is 12.8. The highest BCUT2D eigenvalue weighted by molar-refractivity contribution is 8.00. The molecule has 1 aromatic carbocycles. The SMILES string of the molecule is CCn1c(SC(C(=O)Nc2ccccc2)C2CC2)nnc1-c1cccs1. The summed E-state index contributed by atoms with van der Waals surface area (Å²) in [6, 6.07) is 13.7. The zero-order chi connectivity index (χ0) is 17.9. The molecule has 1 unspecified atom stereocenters. The van der Waals surface area contributed by atoms with Crippen LogP contribution in [0.3, 0.4) is 0 Å². The van der Waals surface area contributed by atoms with Gasteiger partial charge in [0.05, 0.1) is 10.1 Å². The number of hydrogen-bond acceptors (Lipinski definition) is 5. The molecule has 5 nitrogen and oxygen atoms in total. The molecule has 4 rings (SSSR count). The second-order valence-corrected chi connectivity index (χ2v) is 8.32. The lowest BCUT2D eigenvalue weighted by atomic mass is 10.2. The van der Waals surface area contributed by atoms with Gasteiger partial charge in [-0.05, 0) is 49.3 Å². The van der Waals surface area contributed by atoms with Crippen molar-refractivity contribution in [1.29, 1.82) is 0 Å². The standard InChI is InChI=1S/C19H20N4OS2/c1-2-23-17(15-9-6-12-25-15)21-22-19(23)26-16(13-10-11-13)18(24)20-14-7-4-3-5-8-14/h3-9,12-13,16H,2,10-11H2,1H3,(H,20,24). The topological polar surface area (TPSA) is 59.8 Å². The summed E-state index contributed by atoms with van der Waals surface area (Å²) >= 11 is 3.19. The number of carbonyl (C=O) groups excluding carboxylic acids is 1. The molecular weight excluding hydrogens is 364 g/mol. The molecule has 2 aromatic heterocycles. The van der Waals surface area contributed by atoms with Gasteiger partial charge < -0.3 is 9.88 Å². The monoisotopic (exact) mass is 384 g/mol. The van der Waals surface area contributed by atoms with Crippen LogP contribution in [-0.2, 0) is 11.3 Å². The minimum absolute atomic E-state index is 0.0482. The molecule has 0 bridgehead atoms. The van der Waals surface area contributed by atoms with Gasteiger partial charge in [-0.1, -0.05) is 36.0 Å². The molecule has 3 aromatic rings. The van der Waals surface area contributed by atoms with E-state index in [1.54, 1.807) is 11.3 Å². The molecule has 134 valence electrons. The van der Waals surface area contributed by atoms with E-state index in [-0.39, 0.29) is 11.2 Å². The molecule has 1 fully saturated rings. The number of thioether (sulfide) groups is 1. The van der Waals surface area contributed by atoms with Gasteiger partial charge in [-0.15, -0.1) is 21.5 Å². The van der Waals surface area contributed by atoms with Crippen LogP contribution >= 0.6 is 23.1 Å². The van der Waals surface area contributed by atoms with Crippen molar-refractivity contribution in [2.45, 2.75) is 36.7 Å². The molecule has 1 atom stereocenters. The number of benzene rings is 1. The Bertz CT molecular complexity index is 872. The fourth-order valence-electron chi connectivity index (χ4n) is 2.86. The van der Waals surface area contributed by atoms with E-state index >= 15 is 0 Å².